The van der Waals surface area contributed by atoms with Crippen molar-refractivity contribution in [2.45, 2.75) is 38.1 Å². The van der Waals surface area contributed by atoms with Crippen LogP contribution in [0.3, 0.4) is 0 Å². The van der Waals surface area contributed by atoms with E-state index >= 15 is 0 Å². The van der Waals surface area contributed by atoms with E-state index in [1.54, 1.807) is 6.07 Å². The van der Waals surface area contributed by atoms with E-state index in [9.17, 15) is 9.90 Å². The number of hydrogen-bond acceptors (Lipinski definition) is 3. The molecule has 4 nitrogen and oxygen atoms in total. The monoisotopic (exact) mass is 223 g/mol. The first-order chi connectivity index (χ1) is 7.71. The third-order valence-corrected chi connectivity index (χ3v) is 3.30. The van der Waals surface area contributed by atoms with Crippen molar-refractivity contribution in [3.05, 3.63) is 23.7 Å². The highest BCUT2D eigenvalue weighted by molar-refractivity contribution is 5.95. The van der Waals surface area contributed by atoms with E-state index in [0.717, 1.165) is 19.3 Å². The third-order valence-electron chi connectivity index (χ3n) is 3.30. The molecule has 2 N–H and O–H groups in total. The van der Waals surface area contributed by atoms with Gasteiger partial charge in [-0.1, -0.05) is 6.92 Å². The predicted octanol–water partition coefficient (Wildman–Crippen LogP) is 1.49. The first kappa shape index (κ1) is 11.2. The molecule has 16 heavy (non-hydrogen) atoms. The second-order valence-electron chi connectivity index (χ2n) is 4.36. The lowest BCUT2D eigenvalue weighted by Gasteiger charge is -2.40. The maximum Gasteiger partial charge on any atom is 0.255 e. The van der Waals surface area contributed by atoms with Crippen molar-refractivity contribution in [3.8, 4) is 0 Å². The molecule has 0 aromatic carbocycles. The van der Waals surface area contributed by atoms with Crippen LogP contribution in [-0.4, -0.2) is 23.2 Å². The lowest BCUT2D eigenvalue weighted by Crippen LogP contribution is -2.56. The van der Waals surface area contributed by atoms with Crippen molar-refractivity contribution in [1.82, 2.24) is 5.32 Å². The van der Waals surface area contributed by atoms with Crippen molar-refractivity contribution >= 4 is 5.91 Å². The van der Waals surface area contributed by atoms with Gasteiger partial charge in [0.05, 0.1) is 24.0 Å². The fourth-order valence-electron chi connectivity index (χ4n) is 2.05. The predicted molar refractivity (Wildman–Crippen MR) is 59.2 cm³/mol. The lowest BCUT2D eigenvalue weighted by atomic mass is 9.77. The molecule has 0 radical (unpaired) electrons. The molecular formula is C12H17NO3. The molecule has 1 saturated carbocycles. The van der Waals surface area contributed by atoms with Gasteiger partial charge in [0.2, 0.25) is 0 Å². The SMILES string of the molecule is CCc1occc1C(=O)NC1(CO)CCC1. The number of amides is 1. The summed E-state index contributed by atoms with van der Waals surface area (Å²) in [4.78, 5) is 12.0. The molecule has 4 heteroatoms. The maximum absolute atomic E-state index is 12.0. The van der Waals surface area contributed by atoms with Gasteiger partial charge in [-0.25, -0.2) is 0 Å². The second-order valence-corrected chi connectivity index (χ2v) is 4.36. The molecule has 0 atom stereocenters. The van der Waals surface area contributed by atoms with Gasteiger partial charge < -0.3 is 14.8 Å². The molecular weight excluding hydrogens is 206 g/mol. The van der Waals surface area contributed by atoms with E-state index in [-0.39, 0.29) is 18.1 Å². The Morgan fingerprint density at radius 2 is 2.38 bits per heavy atom. The fourth-order valence-corrected chi connectivity index (χ4v) is 2.05. The van der Waals surface area contributed by atoms with Crippen LogP contribution in [0.2, 0.25) is 0 Å². The molecule has 1 aromatic heterocycles. The Labute approximate surface area is 94.6 Å². The van der Waals surface area contributed by atoms with Crippen LogP contribution >= 0.6 is 0 Å². The molecule has 1 heterocycles. The van der Waals surface area contributed by atoms with E-state index in [1.165, 1.54) is 6.26 Å². The highest BCUT2D eigenvalue weighted by atomic mass is 16.3. The highest BCUT2D eigenvalue weighted by Crippen LogP contribution is 2.31. The van der Waals surface area contributed by atoms with E-state index in [4.69, 9.17) is 4.42 Å². The van der Waals surface area contributed by atoms with Gasteiger partial charge in [0.1, 0.15) is 5.76 Å². The van der Waals surface area contributed by atoms with Crippen molar-refractivity contribution in [2.24, 2.45) is 0 Å². The average Bonchev–Trinajstić information content (AvgIpc) is 2.71. The summed E-state index contributed by atoms with van der Waals surface area (Å²) in [6.07, 6.45) is 5.00. The van der Waals surface area contributed by atoms with Gasteiger partial charge in [-0.05, 0) is 25.3 Å². The summed E-state index contributed by atoms with van der Waals surface area (Å²) < 4.78 is 5.21. The van der Waals surface area contributed by atoms with Gasteiger partial charge in [-0.15, -0.1) is 0 Å². The number of rotatable bonds is 4. The summed E-state index contributed by atoms with van der Waals surface area (Å²) in [5.74, 6) is 0.560. The van der Waals surface area contributed by atoms with Crippen LogP contribution in [0, 0.1) is 0 Å². The number of carbonyl (C=O) groups is 1. The molecule has 0 aliphatic heterocycles. The van der Waals surface area contributed by atoms with Gasteiger partial charge in [0.25, 0.3) is 5.91 Å². The Morgan fingerprint density at radius 3 is 2.88 bits per heavy atom. The quantitative estimate of drug-likeness (QED) is 0.812. The van der Waals surface area contributed by atoms with Crippen LogP contribution in [0.15, 0.2) is 16.7 Å². The number of aryl methyl sites for hydroxylation is 1. The summed E-state index contributed by atoms with van der Waals surface area (Å²) in [6.45, 7) is 1.96. The van der Waals surface area contributed by atoms with E-state index in [0.29, 0.717) is 17.7 Å². The van der Waals surface area contributed by atoms with Crippen molar-refractivity contribution in [2.75, 3.05) is 6.61 Å². The van der Waals surface area contributed by atoms with E-state index < -0.39 is 0 Å². The Hall–Kier alpha value is -1.29. The first-order valence-corrected chi connectivity index (χ1v) is 5.70. The Bertz CT molecular complexity index is 374. The zero-order valence-electron chi connectivity index (χ0n) is 9.45. The van der Waals surface area contributed by atoms with Gasteiger partial charge in [-0.2, -0.15) is 0 Å². The van der Waals surface area contributed by atoms with Gasteiger partial charge >= 0.3 is 0 Å². The Balaban J connectivity index is 2.08. The Morgan fingerprint density at radius 1 is 1.62 bits per heavy atom. The lowest BCUT2D eigenvalue weighted by molar-refractivity contribution is 0.0640. The number of hydrogen-bond donors (Lipinski definition) is 2. The van der Waals surface area contributed by atoms with Crippen LogP contribution in [0.25, 0.3) is 0 Å². The molecule has 1 aliphatic carbocycles. The average molecular weight is 223 g/mol. The molecule has 2 rings (SSSR count). The summed E-state index contributed by atoms with van der Waals surface area (Å²) in [6, 6.07) is 1.68. The summed E-state index contributed by atoms with van der Waals surface area (Å²) >= 11 is 0. The standard InChI is InChI=1S/C12H17NO3/c1-2-10-9(4-7-16-10)11(15)13-12(8-14)5-3-6-12/h4,7,14H,2-3,5-6,8H2,1H3,(H,13,15). The summed E-state index contributed by atoms with van der Waals surface area (Å²) in [5, 5.41) is 12.2. The summed E-state index contributed by atoms with van der Waals surface area (Å²) in [7, 11) is 0. The van der Waals surface area contributed by atoms with Gasteiger partial charge in [0, 0.05) is 6.42 Å². The van der Waals surface area contributed by atoms with E-state index in [1.807, 2.05) is 6.92 Å². The van der Waals surface area contributed by atoms with Crippen LogP contribution in [0.5, 0.6) is 0 Å². The van der Waals surface area contributed by atoms with Crippen molar-refractivity contribution in [3.63, 3.8) is 0 Å². The molecule has 1 aliphatic rings. The highest BCUT2D eigenvalue weighted by Gasteiger charge is 2.38. The largest absolute Gasteiger partial charge is 0.469 e. The van der Waals surface area contributed by atoms with Crippen molar-refractivity contribution < 1.29 is 14.3 Å². The van der Waals surface area contributed by atoms with Gasteiger partial charge in [0.15, 0.2) is 0 Å². The second kappa shape index (κ2) is 4.29. The minimum atomic E-state index is -0.390. The number of furan rings is 1. The topological polar surface area (TPSA) is 62.5 Å². The minimum Gasteiger partial charge on any atom is -0.469 e. The van der Waals surface area contributed by atoms with Crippen LogP contribution in [0.4, 0.5) is 0 Å². The maximum atomic E-state index is 12.0. The first-order valence-electron chi connectivity index (χ1n) is 5.70. The smallest absolute Gasteiger partial charge is 0.255 e. The van der Waals surface area contributed by atoms with Crippen molar-refractivity contribution in [1.29, 1.82) is 0 Å². The fraction of sp³-hybridized carbons (Fsp3) is 0.583. The van der Waals surface area contributed by atoms with Gasteiger partial charge in [-0.3, -0.25) is 4.79 Å². The molecule has 0 spiro atoms. The molecule has 0 bridgehead atoms. The molecule has 0 saturated heterocycles. The molecule has 1 fully saturated rings. The number of nitrogens with one attached hydrogen (secondary N) is 1. The Kier molecular flexibility index (Phi) is 3.01. The molecule has 0 unspecified atom stereocenters. The third kappa shape index (κ3) is 1.85. The zero-order valence-corrected chi connectivity index (χ0v) is 9.45. The number of aliphatic hydroxyl groups excluding tert-OH is 1. The van der Waals surface area contributed by atoms with E-state index in [2.05, 4.69) is 5.32 Å². The molecule has 88 valence electrons. The molecule has 1 aromatic rings. The van der Waals surface area contributed by atoms with Crippen LogP contribution < -0.4 is 5.32 Å². The normalized spacial score (nSPS) is 17.9. The number of aliphatic hydroxyl groups is 1. The van der Waals surface area contributed by atoms with Crippen LogP contribution in [0.1, 0.15) is 42.3 Å². The number of carbonyl (C=O) groups excluding carboxylic acids is 1. The summed E-state index contributed by atoms with van der Waals surface area (Å²) in [5.41, 5.74) is 0.196. The molecule has 1 amide bonds. The van der Waals surface area contributed by atoms with Crippen LogP contribution in [-0.2, 0) is 6.42 Å². The minimum absolute atomic E-state index is 0.0120. The zero-order chi connectivity index (χ0) is 11.6.